The quantitative estimate of drug-likeness (QED) is 0.436. The number of ether oxygens (including phenoxy) is 1. The van der Waals surface area contributed by atoms with Gasteiger partial charge >= 0.3 is 5.97 Å². The van der Waals surface area contributed by atoms with Gasteiger partial charge in [0.15, 0.2) is 11.9 Å². The molecule has 0 bridgehead atoms. The van der Waals surface area contributed by atoms with E-state index in [2.05, 4.69) is 16.3 Å². The van der Waals surface area contributed by atoms with Crippen LogP contribution >= 0.6 is 0 Å². The fourth-order valence-electron chi connectivity index (χ4n) is 5.03. The second kappa shape index (κ2) is 7.92. The molecule has 1 fully saturated rings. The highest BCUT2D eigenvalue weighted by molar-refractivity contribution is 6.00. The Morgan fingerprint density at radius 3 is 2.74 bits per heavy atom. The van der Waals surface area contributed by atoms with Crippen molar-refractivity contribution in [3.8, 4) is 11.8 Å². The lowest BCUT2D eigenvalue weighted by molar-refractivity contribution is -0.147. The summed E-state index contributed by atoms with van der Waals surface area (Å²) in [6.45, 7) is 3.89. The van der Waals surface area contributed by atoms with Gasteiger partial charge in [-0.15, -0.1) is 0 Å². The largest absolute Gasteiger partial charge is 0.479 e. The number of fused-ring (bicyclic) bond motifs is 2. The van der Waals surface area contributed by atoms with E-state index in [9.17, 15) is 19.6 Å². The Hall–Kier alpha value is -3.77. The Kier molecular flexibility index (Phi) is 5.14. The van der Waals surface area contributed by atoms with Gasteiger partial charge in [0.2, 0.25) is 0 Å². The molecule has 3 heterocycles. The summed E-state index contributed by atoms with van der Waals surface area (Å²) in [4.78, 5) is 11.6. The van der Waals surface area contributed by atoms with Crippen molar-refractivity contribution in [2.45, 2.75) is 44.1 Å². The minimum absolute atomic E-state index is 0.107. The molecule has 2 aromatic carbocycles. The van der Waals surface area contributed by atoms with Crippen LogP contribution in [-0.2, 0) is 14.9 Å². The fraction of sp³-hybridized carbons (Fsp3) is 0.320. The average Bonchev–Trinajstić information content (AvgIpc) is 3.51. The highest BCUT2D eigenvalue weighted by Gasteiger charge is 2.40. The van der Waals surface area contributed by atoms with E-state index < -0.39 is 35.0 Å². The first kappa shape index (κ1) is 22.0. The minimum Gasteiger partial charge on any atom is -0.479 e. The highest BCUT2D eigenvalue weighted by Crippen LogP contribution is 2.47. The molecule has 174 valence electrons. The van der Waals surface area contributed by atoms with Gasteiger partial charge in [-0.1, -0.05) is 13.8 Å². The molecule has 2 N–H and O–H groups in total. The SMILES string of the molecule is CC(C)(CC#N)c1c([C@@H]2CO[C@@H](C(=O)O)C2)c2c(F)c3[nH]ncc3cc2n1-c1ccc(F)cc1. The van der Waals surface area contributed by atoms with Gasteiger partial charge in [-0.3, -0.25) is 5.10 Å². The van der Waals surface area contributed by atoms with Crippen LogP contribution in [0.15, 0.2) is 36.5 Å². The van der Waals surface area contributed by atoms with E-state index in [1.54, 1.807) is 18.2 Å². The number of nitrogens with zero attached hydrogens (tertiary/aromatic N) is 3. The first-order valence-corrected chi connectivity index (χ1v) is 10.9. The number of nitriles is 1. The van der Waals surface area contributed by atoms with E-state index in [0.717, 1.165) is 0 Å². The van der Waals surface area contributed by atoms with Crippen molar-refractivity contribution >= 4 is 27.8 Å². The number of benzene rings is 2. The van der Waals surface area contributed by atoms with Crippen LogP contribution in [0.1, 0.15) is 43.9 Å². The minimum atomic E-state index is -1.07. The Labute approximate surface area is 193 Å². The Morgan fingerprint density at radius 2 is 2.09 bits per heavy atom. The number of nitrogens with one attached hydrogen (secondary N) is 1. The summed E-state index contributed by atoms with van der Waals surface area (Å²) in [6.07, 6.45) is 0.835. The molecule has 0 saturated carbocycles. The zero-order valence-corrected chi connectivity index (χ0v) is 18.6. The summed E-state index contributed by atoms with van der Waals surface area (Å²) in [5.41, 5.74) is 1.93. The van der Waals surface area contributed by atoms with Crippen LogP contribution in [-0.4, -0.2) is 38.6 Å². The molecule has 4 aromatic rings. The average molecular weight is 464 g/mol. The number of H-pyrrole nitrogens is 1. The normalized spacial score (nSPS) is 18.6. The molecule has 0 spiro atoms. The summed E-state index contributed by atoms with van der Waals surface area (Å²) in [5.74, 6) is -2.39. The lowest BCUT2D eigenvalue weighted by Gasteiger charge is -2.28. The number of aliphatic carboxylic acids is 1. The van der Waals surface area contributed by atoms with Crippen molar-refractivity contribution in [3.05, 3.63) is 59.4 Å². The Balaban J connectivity index is 1.92. The Bertz CT molecular complexity index is 1460. The molecule has 0 aliphatic carbocycles. The van der Waals surface area contributed by atoms with Crippen LogP contribution in [0.4, 0.5) is 8.78 Å². The van der Waals surface area contributed by atoms with Gasteiger partial charge in [0.25, 0.3) is 0 Å². The number of halogens is 2. The van der Waals surface area contributed by atoms with Gasteiger partial charge < -0.3 is 14.4 Å². The summed E-state index contributed by atoms with van der Waals surface area (Å²) < 4.78 is 37.2. The van der Waals surface area contributed by atoms with Gasteiger partial charge in [-0.2, -0.15) is 10.4 Å². The molecule has 34 heavy (non-hydrogen) atoms. The maximum atomic E-state index is 16.0. The van der Waals surface area contributed by atoms with Crippen molar-refractivity contribution in [3.63, 3.8) is 0 Å². The van der Waals surface area contributed by atoms with Crippen LogP contribution in [0.5, 0.6) is 0 Å². The molecule has 7 nitrogen and oxygen atoms in total. The predicted molar refractivity (Wildman–Crippen MR) is 121 cm³/mol. The summed E-state index contributed by atoms with van der Waals surface area (Å²) in [7, 11) is 0. The van der Waals surface area contributed by atoms with E-state index in [0.29, 0.717) is 33.2 Å². The Morgan fingerprint density at radius 1 is 1.35 bits per heavy atom. The molecular formula is C25H22F2N4O3. The number of carboxylic acids is 1. The van der Waals surface area contributed by atoms with Crippen LogP contribution in [0.25, 0.3) is 27.5 Å². The lowest BCUT2D eigenvalue weighted by Crippen LogP contribution is -2.24. The molecule has 0 amide bonds. The maximum absolute atomic E-state index is 16.0. The van der Waals surface area contributed by atoms with Crippen molar-refractivity contribution < 1.29 is 23.4 Å². The molecule has 2 aromatic heterocycles. The van der Waals surface area contributed by atoms with Crippen LogP contribution in [0.3, 0.4) is 0 Å². The summed E-state index contributed by atoms with van der Waals surface area (Å²) in [6, 6.07) is 9.89. The fourth-order valence-corrected chi connectivity index (χ4v) is 5.03. The van der Waals surface area contributed by atoms with Gasteiger partial charge in [0, 0.05) is 39.9 Å². The summed E-state index contributed by atoms with van der Waals surface area (Å²) in [5, 5.41) is 26.6. The van der Waals surface area contributed by atoms with Crippen molar-refractivity contribution in [2.24, 2.45) is 0 Å². The standard InChI is InChI=1S/C25H22F2N4O3/c1-25(2,7-8-28)23-19(14-10-18(24(32)33)34-12-14)20-17(9-13-11-29-30-22(13)21(20)27)31(23)16-5-3-15(26)4-6-16/h3-6,9,11,14,18H,7,10,12H2,1-2H3,(H,29,30)(H,32,33)/t14-,18+/m0/s1. The first-order chi connectivity index (χ1) is 16.2. The smallest absolute Gasteiger partial charge is 0.332 e. The van der Waals surface area contributed by atoms with Crippen LogP contribution < -0.4 is 0 Å². The van der Waals surface area contributed by atoms with E-state index in [4.69, 9.17) is 4.74 Å². The third-order valence-corrected chi connectivity index (χ3v) is 6.57. The van der Waals surface area contributed by atoms with Crippen LogP contribution in [0.2, 0.25) is 0 Å². The second-order valence-electron chi connectivity index (χ2n) is 9.30. The molecular weight excluding hydrogens is 442 g/mol. The zero-order chi connectivity index (χ0) is 24.2. The van der Waals surface area contributed by atoms with E-state index in [-0.39, 0.29) is 25.0 Å². The number of aromatic amines is 1. The molecule has 1 aliphatic rings. The lowest BCUT2D eigenvalue weighted by atomic mass is 9.79. The molecule has 1 aliphatic heterocycles. The van der Waals surface area contributed by atoms with Crippen molar-refractivity contribution in [1.29, 1.82) is 5.26 Å². The van der Waals surface area contributed by atoms with Gasteiger partial charge in [-0.25, -0.2) is 13.6 Å². The topological polar surface area (TPSA) is 104 Å². The summed E-state index contributed by atoms with van der Waals surface area (Å²) >= 11 is 0. The first-order valence-electron chi connectivity index (χ1n) is 10.9. The van der Waals surface area contributed by atoms with Gasteiger partial charge in [0.1, 0.15) is 11.3 Å². The third kappa shape index (κ3) is 3.33. The van der Waals surface area contributed by atoms with E-state index in [1.807, 2.05) is 18.4 Å². The van der Waals surface area contributed by atoms with Crippen LogP contribution in [0, 0.1) is 23.0 Å². The second-order valence-corrected chi connectivity index (χ2v) is 9.30. The number of aromatic nitrogens is 3. The molecule has 2 atom stereocenters. The monoisotopic (exact) mass is 464 g/mol. The molecule has 9 heteroatoms. The number of rotatable bonds is 5. The molecule has 1 saturated heterocycles. The number of hydrogen-bond acceptors (Lipinski definition) is 4. The third-order valence-electron chi connectivity index (χ3n) is 6.57. The maximum Gasteiger partial charge on any atom is 0.332 e. The molecule has 0 radical (unpaired) electrons. The predicted octanol–water partition coefficient (Wildman–Crippen LogP) is 4.93. The zero-order valence-electron chi connectivity index (χ0n) is 18.6. The molecule has 5 rings (SSSR count). The van der Waals surface area contributed by atoms with E-state index in [1.165, 1.54) is 18.3 Å². The molecule has 0 unspecified atom stereocenters. The number of carbonyl (C=O) groups is 1. The number of carboxylic acid groups (broad SMARTS) is 1. The van der Waals surface area contributed by atoms with Crippen molar-refractivity contribution in [1.82, 2.24) is 14.8 Å². The number of hydrogen-bond donors (Lipinski definition) is 2. The van der Waals surface area contributed by atoms with Gasteiger partial charge in [0.05, 0.1) is 24.4 Å². The van der Waals surface area contributed by atoms with Gasteiger partial charge in [-0.05, 0) is 42.3 Å². The van der Waals surface area contributed by atoms with E-state index >= 15 is 4.39 Å². The highest BCUT2D eigenvalue weighted by atomic mass is 19.1. The van der Waals surface area contributed by atoms with Crippen molar-refractivity contribution in [2.75, 3.05) is 6.61 Å².